The predicted octanol–water partition coefficient (Wildman–Crippen LogP) is 2.54. The van der Waals surface area contributed by atoms with E-state index in [9.17, 15) is 4.79 Å². The quantitative estimate of drug-likeness (QED) is 0.791. The summed E-state index contributed by atoms with van der Waals surface area (Å²) in [4.78, 5) is 19.1. The molecule has 2 aromatic rings. The summed E-state index contributed by atoms with van der Waals surface area (Å²) in [6.07, 6.45) is 6.21. The topological polar surface area (TPSA) is 77.0 Å². The van der Waals surface area contributed by atoms with Crippen molar-refractivity contribution in [1.82, 2.24) is 24.6 Å². The third-order valence-electron chi connectivity index (χ3n) is 5.42. The van der Waals surface area contributed by atoms with Crippen LogP contribution in [0.1, 0.15) is 68.8 Å². The number of rotatable bonds is 6. The minimum atomic E-state index is 0.0598. The fourth-order valence-corrected chi connectivity index (χ4v) is 3.52. The SMILES string of the molecule is CC(C)c1cc(=O)n(CC2CCN(Cc3nnc(C4CC4)o3)CC2)cn1. The van der Waals surface area contributed by atoms with Gasteiger partial charge in [0.15, 0.2) is 0 Å². The number of nitrogens with zero attached hydrogens (tertiary/aromatic N) is 5. The smallest absolute Gasteiger partial charge is 0.253 e. The van der Waals surface area contributed by atoms with Gasteiger partial charge in [-0.3, -0.25) is 14.3 Å². The highest BCUT2D eigenvalue weighted by Crippen LogP contribution is 2.39. The van der Waals surface area contributed by atoms with Crippen LogP contribution in [0.2, 0.25) is 0 Å². The average molecular weight is 357 g/mol. The molecule has 0 unspecified atom stereocenters. The van der Waals surface area contributed by atoms with Crippen molar-refractivity contribution in [2.24, 2.45) is 5.92 Å². The lowest BCUT2D eigenvalue weighted by Crippen LogP contribution is -2.36. The number of likely N-dealkylation sites (tertiary alicyclic amines) is 1. The minimum absolute atomic E-state index is 0.0598. The van der Waals surface area contributed by atoms with E-state index in [2.05, 4.69) is 33.9 Å². The second-order valence-corrected chi connectivity index (χ2v) is 7.99. The van der Waals surface area contributed by atoms with Gasteiger partial charge in [0.2, 0.25) is 11.8 Å². The summed E-state index contributed by atoms with van der Waals surface area (Å²) < 4.78 is 7.52. The summed E-state index contributed by atoms with van der Waals surface area (Å²) in [5.74, 6) is 2.85. The Hall–Kier alpha value is -2.02. The Balaban J connectivity index is 1.28. The van der Waals surface area contributed by atoms with Crippen molar-refractivity contribution < 1.29 is 4.42 Å². The van der Waals surface area contributed by atoms with E-state index in [0.717, 1.165) is 56.5 Å². The Morgan fingerprint density at radius 1 is 1.19 bits per heavy atom. The van der Waals surface area contributed by atoms with Gasteiger partial charge in [0.05, 0.1) is 18.6 Å². The van der Waals surface area contributed by atoms with E-state index in [1.165, 1.54) is 12.8 Å². The molecule has 1 aliphatic carbocycles. The molecule has 1 aliphatic heterocycles. The first-order valence-corrected chi connectivity index (χ1v) is 9.69. The molecule has 140 valence electrons. The third-order valence-corrected chi connectivity index (χ3v) is 5.42. The van der Waals surface area contributed by atoms with Gasteiger partial charge in [-0.1, -0.05) is 13.8 Å². The van der Waals surface area contributed by atoms with Crippen molar-refractivity contribution in [1.29, 1.82) is 0 Å². The molecule has 1 saturated carbocycles. The fraction of sp³-hybridized carbons (Fsp3) is 0.684. The zero-order valence-electron chi connectivity index (χ0n) is 15.6. The van der Waals surface area contributed by atoms with Crippen LogP contribution >= 0.6 is 0 Å². The van der Waals surface area contributed by atoms with Crippen molar-refractivity contribution in [2.45, 2.75) is 64.5 Å². The van der Waals surface area contributed by atoms with Gasteiger partial charge in [0, 0.05) is 18.5 Å². The molecule has 7 heteroatoms. The maximum absolute atomic E-state index is 12.3. The first-order valence-electron chi connectivity index (χ1n) is 9.69. The van der Waals surface area contributed by atoms with Crippen molar-refractivity contribution >= 4 is 0 Å². The highest BCUT2D eigenvalue weighted by atomic mass is 16.4. The summed E-state index contributed by atoms with van der Waals surface area (Å²) in [6.45, 7) is 7.59. The van der Waals surface area contributed by atoms with E-state index < -0.39 is 0 Å². The lowest BCUT2D eigenvalue weighted by atomic mass is 9.96. The molecule has 0 amide bonds. The van der Waals surface area contributed by atoms with Crippen LogP contribution in [-0.2, 0) is 13.1 Å². The van der Waals surface area contributed by atoms with Gasteiger partial charge in [-0.2, -0.15) is 0 Å². The van der Waals surface area contributed by atoms with Gasteiger partial charge in [-0.15, -0.1) is 10.2 Å². The van der Waals surface area contributed by atoms with E-state index in [1.54, 1.807) is 17.0 Å². The van der Waals surface area contributed by atoms with Crippen molar-refractivity contribution in [3.05, 3.63) is 40.2 Å². The van der Waals surface area contributed by atoms with Crippen LogP contribution in [0.5, 0.6) is 0 Å². The second-order valence-electron chi connectivity index (χ2n) is 7.99. The summed E-state index contributed by atoms with van der Waals surface area (Å²) in [5.41, 5.74) is 0.927. The van der Waals surface area contributed by atoms with Crippen LogP contribution < -0.4 is 5.56 Å². The molecule has 0 N–H and O–H groups in total. The number of hydrogen-bond donors (Lipinski definition) is 0. The Labute approximate surface area is 153 Å². The summed E-state index contributed by atoms with van der Waals surface area (Å²) in [7, 11) is 0. The normalized spacial score (nSPS) is 19.3. The van der Waals surface area contributed by atoms with Gasteiger partial charge in [-0.05, 0) is 50.6 Å². The Kier molecular flexibility index (Phi) is 4.89. The Bertz CT molecular complexity index is 800. The maximum atomic E-state index is 12.3. The fourth-order valence-electron chi connectivity index (χ4n) is 3.52. The van der Waals surface area contributed by atoms with Crippen LogP contribution in [-0.4, -0.2) is 37.7 Å². The first kappa shape index (κ1) is 17.4. The van der Waals surface area contributed by atoms with Crippen LogP contribution in [0.4, 0.5) is 0 Å². The molecule has 1 saturated heterocycles. The van der Waals surface area contributed by atoms with Crippen LogP contribution in [0.15, 0.2) is 21.6 Å². The van der Waals surface area contributed by atoms with E-state index >= 15 is 0 Å². The second kappa shape index (κ2) is 7.31. The van der Waals surface area contributed by atoms with E-state index in [4.69, 9.17) is 4.42 Å². The van der Waals surface area contributed by atoms with Crippen molar-refractivity contribution in [2.75, 3.05) is 13.1 Å². The Morgan fingerprint density at radius 3 is 2.62 bits per heavy atom. The van der Waals surface area contributed by atoms with E-state index in [-0.39, 0.29) is 11.5 Å². The van der Waals surface area contributed by atoms with Gasteiger partial charge in [0.1, 0.15) is 0 Å². The van der Waals surface area contributed by atoms with Gasteiger partial charge in [-0.25, -0.2) is 4.98 Å². The molecule has 3 heterocycles. The summed E-state index contributed by atoms with van der Waals surface area (Å²) in [6, 6.07) is 1.67. The van der Waals surface area contributed by atoms with E-state index in [1.807, 2.05) is 0 Å². The standard InChI is InChI=1S/C19H27N5O2/c1-13(2)16-9-18(25)24(12-20-16)10-14-5-7-23(8-6-14)11-17-21-22-19(26-17)15-3-4-15/h9,12-15H,3-8,10-11H2,1-2H3. The Morgan fingerprint density at radius 2 is 1.96 bits per heavy atom. The summed E-state index contributed by atoms with van der Waals surface area (Å²) in [5, 5.41) is 8.34. The molecule has 4 rings (SSSR count). The molecule has 26 heavy (non-hydrogen) atoms. The zero-order valence-corrected chi connectivity index (χ0v) is 15.6. The minimum Gasteiger partial charge on any atom is -0.424 e. The molecule has 2 aliphatic rings. The highest BCUT2D eigenvalue weighted by molar-refractivity contribution is 5.04. The largest absolute Gasteiger partial charge is 0.424 e. The first-order chi connectivity index (χ1) is 12.6. The molecular formula is C19H27N5O2. The lowest BCUT2D eigenvalue weighted by Gasteiger charge is -2.31. The molecular weight excluding hydrogens is 330 g/mol. The van der Waals surface area contributed by atoms with Crippen LogP contribution in [0.25, 0.3) is 0 Å². The number of aromatic nitrogens is 4. The molecule has 0 spiro atoms. The van der Waals surface area contributed by atoms with Crippen molar-refractivity contribution in [3.63, 3.8) is 0 Å². The monoisotopic (exact) mass is 357 g/mol. The number of piperidine rings is 1. The third kappa shape index (κ3) is 4.03. The highest BCUT2D eigenvalue weighted by Gasteiger charge is 2.30. The molecule has 0 aromatic carbocycles. The molecule has 0 radical (unpaired) electrons. The molecule has 2 aromatic heterocycles. The van der Waals surface area contributed by atoms with Crippen LogP contribution in [0.3, 0.4) is 0 Å². The molecule has 0 atom stereocenters. The molecule has 2 fully saturated rings. The summed E-state index contributed by atoms with van der Waals surface area (Å²) >= 11 is 0. The maximum Gasteiger partial charge on any atom is 0.253 e. The molecule has 0 bridgehead atoms. The number of hydrogen-bond acceptors (Lipinski definition) is 6. The lowest BCUT2D eigenvalue weighted by molar-refractivity contribution is 0.153. The van der Waals surface area contributed by atoms with Gasteiger partial charge in [0.25, 0.3) is 5.56 Å². The predicted molar refractivity (Wildman–Crippen MR) is 96.9 cm³/mol. The average Bonchev–Trinajstić information content (AvgIpc) is 3.38. The van der Waals surface area contributed by atoms with E-state index in [0.29, 0.717) is 11.8 Å². The van der Waals surface area contributed by atoms with Crippen molar-refractivity contribution in [3.8, 4) is 0 Å². The molecule has 7 nitrogen and oxygen atoms in total. The zero-order chi connectivity index (χ0) is 18.1. The van der Waals surface area contributed by atoms with Gasteiger partial charge < -0.3 is 4.42 Å². The van der Waals surface area contributed by atoms with Crippen LogP contribution in [0, 0.1) is 5.92 Å². The van der Waals surface area contributed by atoms with Gasteiger partial charge >= 0.3 is 0 Å².